The summed E-state index contributed by atoms with van der Waals surface area (Å²) in [5.74, 6) is -0.697. The molecule has 1 aliphatic heterocycles. The Bertz CT molecular complexity index is 884. The first-order valence-corrected chi connectivity index (χ1v) is 9.62. The van der Waals surface area contributed by atoms with E-state index < -0.39 is 11.8 Å². The highest BCUT2D eigenvalue weighted by molar-refractivity contribution is 6.35. The Morgan fingerprint density at radius 1 is 1.14 bits per heavy atom. The van der Waals surface area contributed by atoms with Gasteiger partial charge in [0.15, 0.2) is 0 Å². The van der Waals surface area contributed by atoms with E-state index in [-0.39, 0.29) is 23.8 Å². The van der Waals surface area contributed by atoms with Crippen LogP contribution >= 0.6 is 23.2 Å². The van der Waals surface area contributed by atoms with Gasteiger partial charge in [-0.1, -0.05) is 47.5 Å². The number of hydrogen-bond acceptors (Lipinski definition) is 3. The van der Waals surface area contributed by atoms with Gasteiger partial charge in [-0.15, -0.1) is 13.2 Å². The topological polar surface area (TPSA) is 47.6 Å². The first-order chi connectivity index (χ1) is 13.7. The van der Waals surface area contributed by atoms with Crippen LogP contribution in [0.25, 0.3) is 0 Å². The van der Waals surface area contributed by atoms with Crippen LogP contribution in [-0.4, -0.2) is 25.5 Å². The Balaban J connectivity index is 1.84. The summed E-state index contributed by atoms with van der Waals surface area (Å²) in [5.41, 5.74) is -0.133. The summed E-state index contributed by atoms with van der Waals surface area (Å²) in [6, 6.07) is 10.6. The summed E-state index contributed by atoms with van der Waals surface area (Å²) < 4.78 is 47.3. The van der Waals surface area contributed by atoms with E-state index in [4.69, 9.17) is 27.9 Å². The molecule has 0 unspecified atom stereocenters. The Labute approximate surface area is 175 Å². The van der Waals surface area contributed by atoms with Crippen LogP contribution in [0.5, 0.6) is 5.75 Å². The van der Waals surface area contributed by atoms with Crippen LogP contribution in [0.1, 0.15) is 24.0 Å². The molecule has 1 saturated heterocycles. The fourth-order valence-electron chi connectivity index (χ4n) is 3.43. The fraction of sp³-hybridized carbons (Fsp3) is 0.350. The van der Waals surface area contributed by atoms with Crippen molar-refractivity contribution in [3.8, 4) is 5.75 Å². The van der Waals surface area contributed by atoms with Crippen molar-refractivity contribution in [2.24, 2.45) is 0 Å². The molecule has 3 rings (SSSR count). The van der Waals surface area contributed by atoms with Crippen LogP contribution in [0.2, 0.25) is 10.0 Å². The molecule has 0 aromatic heterocycles. The quantitative estimate of drug-likeness (QED) is 0.680. The van der Waals surface area contributed by atoms with Gasteiger partial charge in [0.1, 0.15) is 5.75 Å². The molecule has 4 nitrogen and oxygen atoms in total. The van der Waals surface area contributed by atoms with E-state index in [1.165, 1.54) is 18.2 Å². The summed E-state index contributed by atoms with van der Waals surface area (Å²) >= 11 is 12.3. The number of carbonyl (C=O) groups is 1. The van der Waals surface area contributed by atoms with E-state index in [0.29, 0.717) is 41.7 Å². The maximum Gasteiger partial charge on any atom is 0.573 e. The second-order valence-electron chi connectivity index (χ2n) is 6.66. The van der Waals surface area contributed by atoms with Gasteiger partial charge in [-0.2, -0.15) is 0 Å². The van der Waals surface area contributed by atoms with Gasteiger partial charge in [0.25, 0.3) is 0 Å². The van der Waals surface area contributed by atoms with Crippen molar-refractivity contribution in [2.75, 3.05) is 13.2 Å². The highest BCUT2D eigenvalue weighted by atomic mass is 35.5. The number of benzene rings is 2. The highest BCUT2D eigenvalue weighted by Crippen LogP contribution is 2.40. The maximum atomic E-state index is 13.2. The zero-order valence-corrected chi connectivity index (χ0v) is 16.7. The Morgan fingerprint density at radius 2 is 1.83 bits per heavy atom. The SMILES string of the molecule is O=C(NCc1ccccc1OC(F)(F)F)C1(c2ccc(Cl)cc2Cl)CCOCC1. The van der Waals surface area contributed by atoms with E-state index in [1.807, 2.05) is 0 Å². The molecule has 0 atom stereocenters. The molecule has 1 aliphatic rings. The first-order valence-electron chi connectivity index (χ1n) is 8.86. The second kappa shape index (κ2) is 8.81. The van der Waals surface area contributed by atoms with Crippen LogP contribution in [0, 0.1) is 0 Å². The van der Waals surface area contributed by atoms with Crippen LogP contribution in [-0.2, 0) is 21.5 Å². The molecule has 9 heteroatoms. The van der Waals surface area contributed by atoms with Gasteiger partial charge in [-0.25, -0.2) is 0 Å². The van der Waals surface area contributed by atoms with Crippen molar-refractivity contribution < 1.29 is 27.4 Å². The van der Waals surface area contributed by atoms with Gasteiger partial charge in [0.2, 0.25) is 5.91 Å². The molecule has 1 heterocycles. The number of ether oxygens (including phenoxy) is 2. The predicted octanol–water partition coefficient (Wildman–Crippen LogP) is 5.26. The summed E-state index contributed by atoms with van der Waals surface area (Å²) in [7, 11) is 0. The third-order valence-electron chi connectivity index (χ3n) is 4.87. The molecular formula is C20H18Cl2F3NO3. The second-order valence-corrected chi connectivity index (χ2v) is 7.50. The number of rotatable bonds is 5. The number of halogens is 5. The van der Waals surface area contributed by atoms with E-state index in [1.54, 1.807) is 24.3 Å². The van der Waals surface area contributed by atoms with Crippen molar-refractivity contribution >= 4 is 29.1 Å². The zero-order chi connectivity index (χ0) is 21.1. The number of nitrogens with one attached hydrogen (secondary N) is 1. The Hall–Kier alpha value is -1.96. The summed E-state index contributed by atoms with van der Waals surface area (Å²) in [5, 5.41) is 3.54. The average Bonchev–Trinajstić information content (AvgIpc) is 2.66. The fourth-order valence-corrected chi connectivity index (χ4v) is 4.02. The number of carbonyl (C=O) groups excluding carboxylic acids is 1. The molecule has 1 fully saturated rings. The lowest BCUT2D eigenvalue weighted by Crippen LogP contribution is -2.48. The molecular weight excluding hydrogens is 430 g/mol. The Kier molecular flexibility index (Phi) is 6.61. The number of alkyl halides is 3. The number of hydrogen-bond donors (Lipinski definition) is 1. The van der Waals surface area contributed by atoms with Crippen molar-refractivity contribution in [3.63, 3.8) is 0 Å². The van der Waals surface area contributed by atoms with Crippen molar-refractivity contribution in [1.82, 2.24) is 5.32 Å². The third-order valence-corrected chi connectivity index (χ3v) is 5.41. The normalized spacial score (nSPS) is 16.3. The lowest BCUT2D eigenvalue weighted by molar-refractivity contribution is -0.274. The van der Waals surface area contributed by atoms with Crippen molar-refractivity contribution in [1.29, 1.82) is 0 Å². The standard InChI is InChI=1S/C20H18Cl2F3NO3/c21-14-5-6-15(16(22)11-14)19(7-9-28-10-8-19)18(27)26-12-13-3-1-2-4-17(13)29-20(23,24)25/h1-6,11H,7-10,12H2,(H,26,27). The molecule has 1 amide bonds. The minimum absolute atomic E-state index is 0.126. The van der Waals surface area contributed by atoms with Crippen LogP contribution in [0.4, 0.5) is 13.2 Å². The third kappa shape index (κ3) is 5.15. The molecule has 0 spiro atoms. The van der Waals surface area contributed by atoms with Crippen molar-refractivity contribution in [3.05, 3.63) is 63.6 Å². The monoisotopic (exact) mass is 447 g/mol. The summed E-state index contributed by atoms with van der Waals surface area (Å²) in [6.45, 7) is 0.596. The summed E-state index contributed by atoms with van der Waals surface area (Å²) in [6.07, 6.45) is -4.04. The maximum absolute atomic E-state index is 13.2. The molecule has 29 heavy (non-hydrogen) atoms. The number of para-hydroxylation sites is 1. The molecule has 2 aromatic carbocycles. The smallest absolute Gasteiger partial charge is 0.405 e. The van der Waals surface area contributed by atoms with Crippen molar-refractivity contribution in [2.45, 2.75) is 31.2 Å². The summed E-state index contributed by atoms with van der Waals surface area (Å²) in [4.78, 5) is 13.2. The van der Waals surface area contributed by atoms with Crippen LogP contribution < -0.4 is 10.1 Å². The average molecular weight is 448 g/mol. The van der Waals surface area contributed by atoms with Crippen LogP contribution in [0.3, 0.4) is 0 Å². The molecule has 0 bridgehead atoms. The highest BCUT2D eigenvalue weighted by Gasteiger charge is 2.43. The zero-order valence-electron chi connectivity index (χ0n) is 15.2. The minimum Gasteiger partial charge on any atom is -0.405 e. The van der Waals surface area contributed by atoms with Gasteiger partial charge in [0, 0.05) is 35.4 Å². The molecule has 2 aromatic rings. The number of amides is 1. The molecule has 0 radical (unpaired) electrons. The molecule has 156 valence electrons. The minimum atomic E-state index is -4.82. The van der Waals surface area contributed by atoms with Gasteiger partial charge in [-0.3, -0.25) is 4.79 Å². The first kappa shape index (κ1) is 21.7. The van der Waals surface area contributed by atoms with E-state index in [2.05, 4.69) is 10.1 Å². The van der Waals surface area contributed by atoms with E-state index in [9.17, 15) is 18.0 Å². The lowest BCUT2D eigenvalue weighted by Gasteiger charge is -2.37. The predicted molar refractivity (Wildman–Crippen MR) is 103 cm³/mol. The van der Waals surface area contributed by atoms with E-state index >= 15 is 0 Å². The Morgan fingerprint density at radius 3 is 2.48 bits per heavy atom. The largest absolute Gasteiger partial charge is 0.573 e. The van der Waals surface area contributed by atoms with Crippen LogP contribution in [0.15, 0.2) is 42.5 Å². The molecule has 1 N–H and O–H groups in total. The van der Waals surface area contributed by atoms with E-state index in [0.717, 1.165) is 0 Å². The molecule has 0 saturated carbocycles. The van der Waals surface area contributed by atoms with Gasteiger partial charge in [0.05, 0.1) is 5.41 Å². The van der Waals surface area contributed by atoms with Gasteiger partial charge < -0.3 is 14.8 Å². The van der Waals surface area contributed by atoms with Gasteiger partial charge >= 0.3 is 6.36 Å². The van der Waals surface area contributed by atoms with Gasteiger partial charge in [-0.05, 0) is 36.6 Å². The molecule has 0 aliphatic carbocycles. The lowest BCUT2D eigenvalue weighted by atomic mass is 9.73.